The van der Waals surface area contributed by atoms with Crippen molar-refractivity contribution in [1.82, 2.24) is 29.6 Å². The van der Waals surface area contributed by atoms with E-state index in [1.54, 1.807) is 7.05 Å². The van der Waals surface area contributed by atoms with Gasteiger partial charge in [-0.25, -0.2) is 4.79 Å². The predicted molar refractivity (Wildman–Crippen MR) is 114 cm³/mol. The van der Waals surface area contributed by atoms with Gasteiger partial charge in [-0.15, -0.1) is 0 Å². The summed E-state index contributed by atoms with van der Waals surface area (Å²) in [5, 5.41) is 12.3. The average Bonchev–Trinajstić information content (AvgIpc) is 3.18. The van der Waals surface area contributed by atoms with E-state index in [1.165, 1.54) is 9.36 Å². The summed E-state index contributed by atoms with van der Waals surface area (Å²) in [4.78, 5) is 12.3. The van der Waals surface area contributed by atoms with Crippen LogP contribution in [0.15, 0.2) is 47.3 Å². The summed E-state index contributed by atoms with van der Waals surface area (Å²) in [6.07, 6.45) is 0. The maximum Gasteiger partial charge on any atom is 0.368 e. The number of nitrogens with zero attached hydrogens (tertiary/aromatic N) is 6. The lowest BCUT2D eigenvalue weighted by Crippen LogP contribution is -2.23. The summed E-state index contributed by atoms with van der Waals surface area (Å²) in [5.74, 6) is 0.746. The molecule has 0 fully saturated rings. The number of rotatable bonds is 5. The molecule has 0 bridgehead atoms. The number of hydrogen-bond acceptors (Lipinski definition) is 5. The molecule has 0 radical (unpaired) electrons. The topological polar surface area (TPSA) is 79.8 Å². The zero-order valence-electron chi connectivity index (χ0n) is 17.7. The average molecular weight is 404 g/mol. The van der Waals surface area contributed by atoms with Gasteiger partial charge in [0.1, 0.15) is 12.4 Å². The zero-order chi connectivity index (χ0) is 21.4. The molecule has 0 atom stereocenters. The Morgan fingerprint density at radius 1 is 0.967 bits per heavy atom. The van der Waals surface area contributed by atoms with Gasteiger partial charge in [-0.1, -0.05) is 24.3 Å². The molecule has 30 heavy (non-hydrogen) atoms. The van der Waals surface area contributed by atoms with Crippen LogP contribution in [0.3, 0.4) is 0 Å². The van der Waals surface area contributed by atoms with Gasteiger partial charge >= 0.3 is 5.69 Å². The maximum absolute atomic E-state index is 12.3. The van der Waals surface area contributed by atoms with Crippen molar-refractivity contribution < 1.29 is 4.74 Å². The van der Waals surface area contributed by atoms with Crippen molar-refractivity contribution >= 4 is 0 Å². The standard InChI is InChI=1S/C22H24N6O2/c1-14-8-6-11-20(28-22(29)27(5)24-25-28)19(14)13-30-18-10-7-9-17(12-18)21-15(2)23-26(4)16(21)3/h6-12H,13H2,1-5H3. The molecule has 2 heterocycles. The monoisotopic (exact) mass is 404 g/mol. The van der Waals surface area contributed by atoms with Crippen molar-refractivity contribution in [3.8, 4) is 22.6 Å². The van der Waals surface area contributed by atoms with Gasteiger partial charge in [0.05, 0.1) is 11.4 Å². The van der Waals surface area contributed by atoms with Gasteiger partial charge < -0.3 is 4.74 Å². The van der Waals surface area contributed by atoms with Crippen molar-refractivity contribution in [3.63, 3.8) is 0 Å². The van der Waals surface area contributed by atoms with Gasteiger partial charge in [0.25, 0.3) is 0 Å². The van der Waals surface area contributed by atoms with E-state index in [2.05, 4.69) is 28.5 Å². The minimum atomic E-state index is -0.300. The van der Waals surface area contributed by atoms with Crippen molar-refractivity contribution in [1.29, 1.82) is 0 Å². The van der Waals surface area contributed by atoms with Crippen LogP contribution in [0.1, 0.15) is 22.5 Å². The molecular weight excluding hydrogens is 380 g/mol. The smallest absolute Gasteiger partial charge is 0.368 e. The third-order valence-corrected chi connectivity index (χ3v) is 5.35. The molecule has 2 aromatic heterocycles. The third-order valence-electron chi connectivity index (χ3n) is 5.35. The quantitative estimate of drug-likeness (QED) is 0.511. The number of ether oxygens (including phenoxy) is 1. The summed E-state index contributed by atoms with van der Waals surface area (Å²) in [5.41, 5.74) is 6.54. The first-order valence-corrected chi connectivity index (χ1v) is 9.68. The van der Waals surface area contributed by atoms with Crippen LogP contribution in [-0.2, 0) is 20.7 Å². The molecule has 0 aliphatic carbocycles. The molecule has 4 aromatic rings. The first-order valence-electron chi connectivity index (χ1n) is 9.68. The largest absolute Gasteiger partial charge is 0.489 e. The van der Waals surface area contributed by atoms with Gasteiger partial charge in [-0.05, 0) is 60.5 Å². The molecule has 8 heteroatoms. The van der Waals surface area contributed by atoms with E-state index in [0.29, 0.717) is 12.3 Å². The summed E-state index contributed by atoms with van der Waals surface area (Å²) in [6, 6.07) is 13.7. The Morgan fingerprint density at radius 2 is 1.73 bits per heavy atom. The summed E-state index contributed by atoms with van der Waals surface area (Å²) < 4.78 is 10.5. The molecule has 0 saturated heterocycles. The maximum atomic E-state index is 12.3. The number of aromatic nitrogens is 6. The van der Waals surface area contributed by atoms with Gasteiger partial charge in [0.2, 0.25) is 0 Å². The van der Waals surface area contributed by atoms with Crippen molar-refractivity contribution in [3.05, 3.63) is 75.5 Å². The Morgan fingerprint density at radius 3 is 2.40 bits per heavy atom. The number of benzene rings is 2. The Hall–Kier alpha value is -3.68. The molecule has 2 aromatic carbocycles. The minimum Gasteiger partial charge on any atom is -0.489 e. The Kier molecular flexibility index (Phi) is 4.99. The van der Waals surface area contributed by atoms with E-state index in [-0.39, 0.29) is 5.69 Å². The Bertz CT molecular complexity index is 1280. The van der Waals surface area contributed by atoms with Crippen LogP contribution in [0.4, 0.5) is 0 Å². The van der Waals surface area contributed by atoms with Crippen LogP contribution in [0.2, 0.25) is 0 Å². The SMILES string of the molecule is Cc1cccc(-n2nnn(C)c2=O)c1COc1cccc(-c2c(C)nn(C)c2C)c1. The molecule has 8 nitrogen and oxygen atoms in total. The van der Waals surface area contributed by atoms with Crippen molar-refractivity contribution in [2.45, 2.75) is 27.4 Å². The Balaban J connectivity index is 1.65. The molecule has 4 rings (SSSR count). The Labute approximate surface area is 174 Å². The van der Waals surface area contributed by atoms with Crippen molar-refractivity contribution in [2.75, 3.05) is 0 Å². The number of hydrogen-bond donors (Lipinski definition) is 0. The second-order valence-electron chi connectivity index (χ2n) is 7.36. The first-order chi connectivity index (χ1) is 14.4. The van der Waals surface area contributed by atoms with Crippen LogP contribution in [0, 0.1) is 20.8 Å². The molecule has 0 unspecified atom stereocenters. The molecule has 0 amide bonds. The van der Waals surface area contributed by atoms with Crippen LogP contribution in [0.25, 0.3) is 16.8 Å². The highest BCUT2D eigenvalue weighted by Crippen LogP contribution is 2.30. The molecular formula is C22H24N6O2. The van der Waals surface area contributed by atoms with Crippen LogP contribution in [-0.4, -0.2) is 29.6 Å². The molecule has 0 N–H and O–H groups in total. The van der Waals surface area contributed by atoms with Crippen LogP contribution >= 0.6 is 0 Å². The number of aryl methyl sites for hydroxylation is 4. The van der Waals surface area contributed by atoms with Gasteiger partial charge in [-0.2, -0.15) is 14.5 Å². The van der Waals surface area contributed by atoms with E-state index >= 15 is 0 Å². The fourth-order valence-electron chi connectivity index (χ4n) is 3.63. The number of tetrazole rings is 1. The lowest BCUT2D eigenvalue weighted by molar-refractivity contribution is 0.305. The third kappa shape index (κ3) is 3.41. The summed E-state index contributed by atoms with van der Waals surface area (Å²) >= 11 is 0. The van der Waals surface area contributed by atoms with Gasteiger partial charge in [0.15, 0.2) is 0 Å². The van der Waals surface area contributed by atoms with E-state index in [1.807, 2.05) is 62.0 Å². The highest BCUT2D eigenvalue weighted by Gasteiger charge is 2.15. The molecule has 0 spiro atoms. The van der Waals surface area contributed by atoms with E-state index in [9.17, 15) is 4.79 Å². The molecule has 0 aliphatic heterocycles. The second kappa shape index (κ2) is 7.62. The molecule has 154 valence electrons. The zero-order valence-corrected chi connectivity index (χ0v) is 17.7. The van der Waals surface area contributed by atoms with Gasteiger partial charge in [0, 0.05) is 30.9 Å². The predicted octanol–water partition coefficient (Wildman–Crippen LogP) is 2.87. The normalized spacial score (nSPS) is 11.1. The lowest BCUT2D eigenvalue weighted by Gasteiger charge is -2.13. The lowest BCUT2D eigenvalue weighted by atomic mass is 10.0. The van der Waals surface area contributed by atoms with E-state index in [4.69, 9.17) is 4.74 Å². The highest BCUT2D eigenvalue weighted by molar-refractivity contribution is 5.69. The van der Waals surface area contributed by atoms with E-state index < -0.39 is 0 Å². The van der Waals surface area contributed by atoms with Gasteiger partial charge in [-0.3, -0.25) is 4.68 Å². The second-order valence-corrected chi connectivity index (χ2v) is 7.36. The molecule has 0 saturated carbocycles. The summed E-state index contributed by atoms with van der Waals surface area (Å²) in [7, 11) is 3.52. The fraction of sp³-hybridized carbons (Fsp3) is 0.273. The highest BCUT2D eigenvalue weighted by atomic mass is 16.5. The minimum absolute atomic E-state index is 0.300. The first kappa shape index (κ1) is 19.6. The summed E-state index contributed by atoms with van der Waals surface area (Å²) in [6.45, 7) is 6.36. The van der Waals surface area contributed by atoms with Crippen molar-refractivity contribution in [2.24, 2.45) is 14.1 Å². The fourth-order valence-corrected chi connectivity index (χ4v) is 3.63. The van der Waals surface area contributed by atoms with Crippen LogP contribution in [0.5, 0.6) is 5.75 Å². The van der Waals surface area contributed by atoms with E-state index in [0.717, 1.165) is 39.4 Å². The van der Waals surface area contributed by atoms with Crippen LogP contribution < -0.4 is 10.4 Å². The molecule has 0 aliphatic rings.